The first-order valence-electron chi connectivity index (χ1n) is 11.2. The van der Waals surface area contributed by atoms with Crippen molar-refractivity contribution in [3.05, 3.63) is 95.0 Å². The van der Waals surface area contributed by atoms with Crippen molar-refractivity contribution in [2.75, 3.05) is 24.6 Å². The Morgan fingerprint density at radius 2 is 1.81 bits per heavy atom. The van der Waals surface area contributed by atoms with Gasteiger partial charge in [-0.2, -0.15) is 5.10 Å². The molecule has 37 heavy (non-hydrogen) atoms. The number of anilines is 1. The van der Waals surface area contributed by atoms with Crippen molar-refractivity contribution in [3.8, 4) is 11.5 Å². The molecular formula is C27H28ClN3O5S. The van der Waals surface area contributed by atoms with Crippen molar-refractivity contribution >= 4 is 39.4 Å². The van der Waals surface area contributed by atoms with Crippen LogP contribution in [0.15, 0.2) is 83.3 Å². The first kappa shape index (κ1) is 27.8. The molecule has 3 aromatic rings. The van der Waals surface area contributed by atoms with Crippen LogP contribution in [0.2, 0.25) is 5.02 Å². The maximum absolute atomic E-state index is 13.5. The predicted octanol–water partition coefficient (Wildman–Crippen LogP) is 4.88. The van der Waals surface area contributed by atoms with Gasteiger partial charge in [0.05, 0.1) is 23.9 Å². The van der Waals surface area contributed by atoms with Gasteiger partial charge in [-0.15, -0.1) is 0 Å². The molecule has 10 heteroatoms. The molecule has 3 aromatic carbocycles. The van der Waals surface area contributed by atoms with Crippen molar-refractivity contribution in [2.45, 2.75) is 18.7 Å². The van der Waals surface area contributed by atoms with Gasteiger partial charge >= 0.3 is 0 Å². The normalized spacial score (nSPS) is 11.2. The van der Waals surface area contributed by atoms with Crippen molar-refractivity contribution in [3.63, 3.8) is 0 Å². The molecule has 3 rings (SSSR count). The molecule has 0 aliphatic heterocycles. The Hall–Kier alpha value is -3.82. The summed E-state index contributed by atoms with van der Waals surface area (Å²) in [5.74, 6) is 0.394. The molecule has 0 saturated carbocycles. The molecule has 1 amide bonds. The standard InChI is InChI=1S/C27H28ClN3O5S/c1-5-14-36-25-13-9-21(15-26(25)35-4)17-29-30-27(32)18-31(24-16-22(28)10-8-20(24)3)37(33,34)23-11-6-19(2)7-12-23/h5-13,15-17H,1,14,18H2,2-4H3,(H,30,32)/b29-17-. The summed E-state index contributed by atoms with van der Waals surface area (Å²) < 4.78 is 39.0. The number of hydrogen-bond acceptors (Lipinski definition) is 6. The number of rotatable bonds is 11. The second kappa shape index (κ2) is 12.4. The van der Waals surface area contributed by atoms with Crippen molar-refractivity contribution < 1.29 is 22.7 Å². The zero-order valence-corrected chi connectivity index (χ0v) is 22.3. The molecule has 0 aliphatic rings. The summed E-state index contributed by atoms with van der Waals surface area (Å²) in [6.07, 6.45) is 3.04. The van der Waals surface area contributed by atoms with Crippen LogP contribution >= 0.6 is 11.6 Å². The Balaban J connectivity index is 1.83. The number of ether oxygens (including phenoxy) is 2. The van der Waals surface area contributed by atoms with E-state index in [9.17, 15) is 13.2 Å². The van der Waals surface area contributed by atoms with Crippen LogP contribution in [-0.2, 0) is 14.8 Å². The average molecular weight is 542 g/mol. The van der Waals surface area contributed by atoms with E-state index < -0.39 is 22.5 Å². The van der Waals surface area contributed by atoms with Crippen molar-refractivity contribution in [1.29, 1.82) is 0 Å². The van der Waals surface area contributed by atoms with Gasteiger partial charge in [-0.1, -0.05) is 48.0 Å². The van der Waals surface area contributed by atoms with E-state index in [1.54, 1.807) is 55.5 Å². The van der Waals surface area contributed by atoms with E-state index in [1.165, 1.54) is 31.5 Å². The lowest BCUT2D eigenvalue weighted by Gasteiger charge is -2.25. The third-order valence-electron chi connectivity index (χ3n) is 5.28. The highest BCUT2D eigenvalue weighted by atomic mass is 35.5. The molecule has 0 heterocycles. The smallest absolute Gasteiger partial charge is 0.264 e. The van der Waals surface area contributed by atoms with E-state index in [1.807, 2.05) is 6.92 Å². The number of nitrogens with one attached hydrogen (secondary N) is 1. The fourth-order valence-electron chi connectivity index (χ4n) is 3.37. The number of hydrazone groups is 1. The number of carbonyl (C=O) groups is 1. The van der Waals surface area contributed by atoms with Crippen LogP contribution in [0.1, 0.15) is 16.7 Å². The third kappa shape index (κ3) is 7.12. The Morgan fingerprint density at radius 3 is 2.49 bits per heavy atom. The lowest BCUT2D eigenvalue weighted by molar-refractivity contribution is -0.119. The second-order valence-corrected chi connectivity index (χ2v) is 10.4. The summed E-state index contributed by atoms with van der Waals surface area (Å²) in [4.78, 5) is 12.9. The maximum Gasteiger partial charge on any atom is 0.264 e. The number of sulfonamides is 1. The molecular weight excluding hydrogens is 514 g/mol. The number of methoxy groups -OCH3 is 1. The molecule has 1 N–H and O–H groups in total. The zero-order valence-electron chi connectivity index (χ0n) is 20.8. The average Bonchev–Trinajstić information content (AvgIpc) is 2.88. The number of nitrogens with zero attached hydrogens (tertiary/aromatic N) is 2. The van der Waals surface area contributed by atoms with Crippen LogP contribution in [0.25, 0.3) is 0 Å². The fraction of sp³-hybridized carbons (Fsp3) is 0.185. The predicted molar refractivity (Wildman–Crippen MR) is 146 cm³/mol. The maximum atomic E-state index is 13.5. The van der Waals surface area contributed by atoms with Crippen molar-refractivity contribution in [2.24, 2.45) is 5.10 Å². The Morgan fingerprint density at radius 1 is 1.08 bits per heavy atom. The van der Waals surface area contributed by atoms with Gasteiger partial charge in [0.15, 0.2) is 11.5 Å². The molecule has 8 nitrogen and oxygen atoms in total. The SMILES string of the molecule is C=CCOc1ccc(/C=N\NC(=O)CN(c2cc(Cl)ccc2C)S(=O)(=O)c2ccc(C)cc2)cc1OC. The van der Waals surface area contributed by atoms with Crippen LogP contribution in [0, 0.1) is 13.8 Å². The van der Waals surface area contributed by atoms with Crippen LogP contribution in [0.5, 0.6) is 11.5 Å². The summed E-state index contributed by atoms with van der Waals surface area (Å²) in [6, 6.07) is 16.4. The first-order valence-corrected chi connectivity index (χ1v) is 13.1. The number of carbonyl (C=O) groups excluding carboxylic acids is 1. The lowest BCUT2D eigenvalue weighted by atomic mass is 10.2. The Bertz CT molecular complexity index is 1410. The lowest BCUT2D eigenvalue weighted by Crippen LogP contribution is -2.40. The number of halogens is 1. The van der Waals surface area contributed by atoms with Crippen LogP contribution in [0.3, 0.4) is 0 Å². The van der Waals surface area contributed by atoms with Crippen LogP contribution < -0.4 is 19.2 Å². The van der Waals surface area contributed by atoms with E-state index in [0.717, 1.165) is 9.87 Å². The minimum atomic E-state index is -4.08. The molecule has 0 aliphatic carbocycles. The quantitative estimate of drug-likeness (QED) is 0.212. The van der Waals surface area contributed by atoms with Gasteiger partial charge in [0.2, 0.25) is 0 Å². The molecule has 0 spiro atoms. The topological polar surface area (TPSA) is 97.3 Å². The Kier molecular flexibility index (Phi) is 9.32. The summed E-state index contributed by atoms with van der Waals surface area (Å²) in [5.41, 5.74) is 4.88. The molecule has 0 atom stereocenters. The van der Waals surface area contributed by atoms with Gasteiger partial charge in [-0.25, -0.2) is 13.8 Å². The van der Waals surface area contributed by atoms with Gasteiger partial charge in [0, 0.05) is 5.02 Å². The minimum Gasteiger partial charge on any atom is -0.493 e. The van der Waals surface area contributed by atoms with Gasteiger partial charge in [-0.3, -0.25) is 9.10 Å². The summed E-state index contributed by atoms with van der Waals surface area (Å²) in [5, 5.41) is 4.32. The van der Waals surface area contributed by atoms with E-state index in [4.69, 9.17) is 21.1 Å². The summed E-state index contributed by atoms with van der Waals surface area (Å²) in [6.45, 7) is 7.04. The monoisotopic (exact) mass is 541 g/mol. The largest absolute Gasteiger partial charge is 0.493 e. The molecule has 0 bridgehead atoms. The first-order chi connectivity index (χ1) is 17.6. The van der Waals surface area contributed by atoms with Gasteiger partial charge in [-0.05, 0) is 67.4 Å². The molecule has 0 saturated heterocycles. The number of aryl methyl sites for hydroxylation is 2. The highest BCUT2D eigenvalue weighted by Gasteiger charge is 2.28. The molecule has 0 unspecified atom stereocenters. The molecule has 0 radical (unpaired) electrons. The number of benzene rings is 3. The van der Waals surface area contributed by atoms with Gasteiger partial charge in [0.1, 0.15) is 13.2 Å². The number of amides is 1. The van der Waals surface area contributed by atoms with E-state index >= 15 is 0 Å². The van der Waals surface area contributed by atoms with E-state index in [2.05, 4.69) is 17.1 Å². The van der Waals surface area contributed by atoms with Gasteiger partial charge < -0.3 is 9.47 Å². The van der Waals surface area contributed by atoms with Gasteiger partial charge in [0.25, 0.3) is 15.9 Å². The molecule has 194 valence electrons. The zero-order chi connectivity index (χ0) is 27.0. The minimum absolute atomic E-state index is 0.0552. The number of hydrogen-bond donors (Lipinski definition) is 1. The highest BCUT2D eigenvalue weighted by molar-refractivity contribution is 7.92. The summed E-state index contributed by atoms with van der Waals surface area (Å²) in [7, 11) is -2.57. The highest BCUT2D eigenvalue weighted by Crippen LogP contribution is 2.30. The van der Waals surface area contributed by atoms with Crippen LogP contribution in [0.4, 0.5) is 5.69 Å². The molecule has 0 fully saturated rings. The third-order valence-corrected chi connectivity index (χ3v) is 7.29. The fourth-order valence-corrected chi connectivity index (χ4v) is 5.01. The van der Waals surface area contributed by atoms with Crippen LogP contribution in [-0.4, -0.2) is 40.8 Å². The van der Waals surface area contributed by atoms with Crippen molar-refractivity contribution in [1.82, 2.24) is 5.43 Å². The van der Waals surface area contributed by atoms with E-state index in [0.29, 0.717) is 39.9 Å². The van der Waals surface area contributed by atoms with E-state index in [-0.39, 0.29) is 4.90 Å². The summed E-state index contributed by atoms with van der Waals surface area (Å²) >= 11 is 6.16. The Labute approximate surface area is 222 Å². The molecule has 0 aromatic heterocycles. The second-order valence-electron chi connectivity index (χ2n) is 8.06.